The molecule has 0 radical (unpaired) electrons. The van der Waals surface area contributed by atoms with Gasteiger partial charge >= 0.3 is 0 Å². The van der Waals surface area contributed by atoms with Crippen molar-refractivity contribution < 1.29 is 9.90 Å². The number of hydrogen-bond donors (Lipinski definition) is 1. The number of allylic oxidation sites excluding steroid dienone is 1. The van der Waals surface area contributed by atoms with E-state index >= 15 is 0 Å². The van der Waals surface area contributed by atoms with E-state index in [9.17, 15) is 9.90 Å². The van der Waals surface area contributed by atoms with Gasteiger partial charge in [0, 0.05) is 12.3 Å². The Morgan fingerprint density at radius 2 is 2.67 bits per heavy atom. The van der Waals surface area contributed by atoms with E-state index in [2.05, 4.69) is 12.3 Å². The van der Waals surface area contributed by atoms with Gasteiger partial charge < -0.3 is 5.11 Å². The summed E-state index contributed by atoms with van der Waals surface area (Å²) in [4.78, 5) is 10.8. The first-order valence-corrected chi connectivity index (χ1v) is 3.97. The van der Waals surface area contributed by atoms with Gasteiger partial charge in [-0.3, -0.25) is 4.79 Å². The summed E-state index contributed by atoms with van der Waals surface area (Å²) < 4.78 is 0. The molecule has 1 rings (SSSR count). The molecule has 1 aliphatic carbocycles. The van der Waals surface area contributed by atoms with Crippen LogP contribution in [0.2, 0.25) is 0 Å². The highest BCUT2D eigenvalue weighted by Crippen LogP contribution is 2.20. The van der Waals surface area contributed by atoms with Crippen molar-refractivity contribution >= 4 is 5.78 Å². The van der Waals surface area contributed by atoms with E-state index in [0.29, 0.717) is 12.8 Å². The van der Waals surface area contributed by atoms with E-state index in [-0.39, 0.29) is 11.7 Å². The lowest BCUT2D eigenvalue weighted by molar-refractivity contribution is -0.115. The zero-order valence-electron chi connectivity index (χ0n) is 6.86. The maximum atomic E-state index is 10.8. The molecule has 64 valence electrons. The van der Waals surface area contributed by atoms with Gasteiger partial charge in [0.25, 0.3) is 0 Å². The fraction of sp³-hybridized carbons (Fsp3) is 0.400. The summed E-state index contributed by atoms with van der Waals surface area (Å²) >= 11 is 0. The summed E-state index contributed by atoms with van der Waals surface area (Å²) in [7, 11) is 0. The second-order valence-corrected chi connectivity index (χ2v) is 2.90. The molecule has 1 N–H and O–H groups in total. The monoisotopic (exact) mass is 164 g/mol. The van der Waals surface area contributed by atoms with Gasteiger partial charge in [0.05, 0.1) is 6.10 Å². The van der Waals surface area contributed by atoms with Gasteiger partial charge in [-0.05, 0) is 18.6 Å². The van der Waals surface area contributed by atoms with Crippen molar-refractivity contribution in [3.8, 4) is 0 Å². The summed E-state index contributed by atoms with van der Waals surface area (Å²) in [6, 6.07) is 0. The third-order valence-electron chi connectivity index (χ3n) is 1.96. The number of carbonyl (C=O) groups excluding carboxylic acids is 1. The molecule has 0 bridgehead atoms. The standard InChI is InChI=1S/C10H12O2/c1-2-3-4-10(12)8-5-6-9(11)7-8/h3,5-6,8,10,12H,1,4,7H2/t8-,10-/m0/s1. The number of aliphatic hydroxyl groups is 1. The van der Waals surface area contributed by atoms with E-state index < -0.39 is 6.10 Å². The Morgan fingerprint density at radius 1 is 1.92 bits per heavy atom. The molecule has 0 aromatic carbocycles. The molecule has 0 saturated carbocycles. The van der Waals surface area contributed by atoms with Crippen LogP contribution in [0.1, 0.15) is 12.8 Å². The third-order valence-corrected chi connectivity index (χ3v) is 1.96. The number of carbonyl (C=O) groups is 1. The molecule has 12 heavy (non-hydrogen) atoms. The summed E-state index contributed by atoms with van der Waals surface area (Å²) in [6.07, 6.45) is 5.47. The van der Waals surface area contributed by atoms with Gasteiger partial charge in [0.2, 0.25) is 0 Å². The third kappa shape index (κ3) is 2.19. The number of hydrogen-bond acceptors (Lipinski definition) is 2. The number of rotatable bonds is 3. The molecule has 0 aromatic heterocycles. The van der Waals surface area contributed by atoms with Crippen molar-refractivity contribution in [1.29, 1.82) is 0 Å². The largest absolute Gasteiger partial charge is 0.392 e. The fourth-order valence-corrected chi connectivity index (χ4v) is 1.24. The Morgan fingerprint density at radius 3 is 3.17 bits per heavy atom. The lowest BCUT2D eigenvalue weighted by atomic mass is 9.99. The quantitative estimate of drug-likeness (QED) is 0.637. The Hall–Kier alpha value is -1.11. The molecule has 0 saturated heterocycles. The normalized spacial score (nSPS) is 23.8. The van der Waals surface area contributed by atoms with Crippen LogP contribution in [0.4, 0.5) is 0 Å². The Labute approximate surface area is 71.9 Å². The first-order chi connectivity index (χ1) is 5.74. The molecule has 0 spiro atoms. The second-order valence-electron chi connectivity index (χ2n) is 2.90. The van der Waals surface area contributed by atoms with E-state index in [1.165, 1.54) is 6.08 Å². The summed E-state index contributed by atoms with van der Waals surface area (Å²) in [6.45, 7) is 3.40. The molecular formula is C10H12O2. The van der Waals surface area contributed by atoms with Crippen LogP contribution < -0.4 is 0 Å². The SMILES string of the molecule is C=C=CC[C@H](O)[C@H]1C=CC(=O)C1. The van der Waals surface area contributed by atoms with Gasteiger partial charge in [-0.2, -0.15) is 0 Å². The first kappa shape index (κ1) is 8.98. The van der Waals surface area contributed by atoms with E-state index in [4.69, 9.17) is 0 Å². The Bertz CT molecular complexity index is 247. The molecule has 0 heterocycles. The average Bonchev–Trinajstić information content (AvgIpc) is 2.47. The highest BCUT2D eigenvalue weighted by atomic mass is 16.3. The minimum atomic E-state index is -0.470. The van der Waals surface area contributed by atoms with Crippen molar-refractivity contribution in [2.75, 3.05) is 0 Å². The smallest absolute Gasteiger partial charge is 0.156 e. The summed E-state index contributed by atoms with van der Waals surface area (Å²) in [5, 5.41) is 9.50. The second kappa shape index (κ2) is 4.05. The molecule has 0 aromatic rings. The summed E-state index contributed by atoms with van der Waals surface area (Å²) in [5.74, 6) is 0.0868. The first-order valence-electron chi connectivity index (χ1n) is 3.97. The van der Waals surface area contributed by atoms with Gasteiger partial charge in [0.1, 0.15) is 0 Å². The van der Waals surface area contributed by atoms with Crippen molar-refractivity contribution in [2.45, 2.75) is 18.9 Å². The molecule has 1 aliphatic rings. The maximum Gasteiger partial charge on any atom is 0.156 e. The molecule has 0 amide bonds. The highest BCUT2D eigenvalue weighted by molar-refractivity contribution is 5.92. The van der Waals surface area contributed by atoms with Crippen molar-refractivity contribution in [1.82, 2.24) is 0 Å². The highest BCUT2D eigenvalue weighted by Gasteiger charge is 2.22. The molecule has 2 heteroatoms. The molecule has 0 fully saturated rings. The lowest BCUT2D eigenvalue weighted by Gasteiger charge is -2.12. The van der Waals surface area contributed by atoms with E-state index in [1.54, 1.807) is 12.2 Å². The molecule has 0 unspecified atom stereocenters. The van der Waals surface area contributed by atoms with Gasteiger partial charge in [0.15, 0.2) is 5.78 Å². The zero-order valence-corrected chi connectivity index (χ0v) is 6.86. The topological polar surface area (TPSA) is 37.3 Å². The predicted molar refractivity (Wildman–Crippen MR) is 46.6 cm³/mol. The van der Waals surface area contributed by atoms with E-state index in [1.807, 2.05) is 0 Å². The lowest BCUT2D eigenvalue weighted by Crippen LogP contribution is -2.16. The minimum absolute atomic E-state index is 0.0119. The fourth-order valence-electron chi connectivity index (χ4n) is 1.24. The number of ketones is 1. The van der Waals surface area contributed by atoms with Crippen LogP contribution in [-0.2, 0) is 4.79 Å². The van der Waals surface area contributed by atoms with Crippen LogP contribution >= 0.6 is 0 Å². The van der Waals surface area contributed by atoms with Crippen LogP contribution in [0.25, 0.3) is 0 Å². The van der Waals surface area contributed by atoms with Crippen LogP contribution in [0.3, 0.4) is 0 Å². The zero-order chi connectivity index (χ0) is 8.97. The van der Waals surface area contributed by atoms with Crippen LogP contribution in [0.5, 0.6) is 0 Å². The van der Waals surface area contributed by atoms with Crippen LogP contribution in [0.15, 0.2) is 30.5 Å². The average molecular weight is 164 g/mol. The van der Waals surface area contributed by atoms with Crippen molar-refractivity contribution in [2.24, 2.45) is 5.92 Å². The molecular weight excluding hydrogens is 152 g/mol. The van der Waals surface area contributed by atoms with Gasteiger partial charge in [-0.1, -0.05) is 12.7 Å². The van der Waals surface area contributed by atoms with E-state index in [0.717, 1.165) is 0 Å². The Kier molecular flexibility index (Phi) is 3.03. The van der Waals surface area contributed by atoms with Crippen molar-refractivity contribution in [3.63, 3.8) is 0 Å². The van der Waals surface area contributed by atoms with Gasteiger partial charge in [-0.25, -0.2) is 0 Å². The molecule has 0 aliphatic heterocycles. The van der Waals surface area contributed by atoms with Crippen LogP contribution in [0, 0.1) is 5.92 Å². The van der Waals surface area contributed by atoms with Crippen molar-refractivity contribution in [3.05, 3.63) is 30.5 Å². The predicted octanol–water partition coefficient (Wildman–Crippen LogP) is 1.22. The molecule has 2 atom stereocenters. The van der Waals surface area contributed by atoms with Crippen LogP contribution in [-0.4, -0.2) is 17.0 Å². The Balaban J connectivity index is 2.43. The number of aliphatic hydroxyl groups excluding tert-OH is 1. The molecule has 2 nitrogen and oxygen atoms in total. The minimum Gasteiger partial charge on any atom is -0.392 e. The van der Waals surface area contributed by atoms with Gasteiger partial charge in [-0.15, -0.1) is 5.73 Å². The summed E-state index contributed by atoms with van der Waals surface area (Å²) in [5.41, 5.74) is 2.59. The maximum absolute atomic E-state index is 10.8.